The van der Waals surface area contributed by atoms with Crippen LogP contribution in [0.1, 0.15) is 77.6 Å². The van der Waals surface area contributed by atoms with Crippen LogP contribution in [0, 0.1) is 17.8 Å². The van der Waals surface area contributed by atoms with Crippen molar-refractivity contribution in [2.45, 2.75) is 83.6 Å². The van der Waals surface area contributed by atoms with Gasteiger partial charge in [-0.3, -0.25) is 0 Å². The highest BCUT2D eigenvalue weighted by atomic mass is 15.2. The molecule has 0 N–H and O–H groups in total. The molecule has 0 atom stereocenters. The van der Waals surface area contributed by atoms with Crippen molar-refractivity contribution in [3.63, 3.8) is 0 Å². The Balaban J connectivity index is 1.27. The van der Waals surface area contributed by atoms with E-state index in [2.05, 4.69) is 23.8 Å². The molecular weight excluding hydrogens is 280 g/mol. The molecule has 2 nitrogen and oxygen atoms in total. The average molecular weight is 321 g/mol. The zero-order valence-electron chi connectivity index (χ0n) is 15.8. The first-order chi connectivity index (χ1) is 11.2. The summed E-state index contributed by atoms with van der Waals surface area (Å²) < 4.78 is 0. The highest BCUT2D eigenvalue weighted by Crippen LogP contribution is 2.32. The number of hydrogen-bond donors (Lipinski definition) is 0. The Morgan fingerprint density at radius 1 is 0.696 bits per heavy atom. The fourth-order valence-electron chi connectivity index (χ4n) is 5.26. The molecule has 2 heterocycles. The molecule has 0 radical (unpaired) electrons. The summed E-state index contributed by atoms with van der Waals surface area (Å²) >= 11 is 0. The van der Waals surface area contributed by atoms with Gasteiger partial charge in [-0.1, -0.05) is 26.2 Å². The van der Waals surface area contributed by atoms with Crippen LogP contribution < -0.4 is 0 Å². The van der Waals surface area contributed by atoms with Crippen LogP contribution in [0.2, 0.25) is 0 Å². The van der Waals surface area contributed by atoms with Gasteiger partial charge in [-0.25, -0.2) is 0 Å². The van der Waals surface area contributed by atoms with E-state index in [9.17, 15) is 0 Å². The van der Waals surface area contributed by atoms with Crippen molar-refractivity contribution in [1.29, 1.82) is 0 Å². The lowest BCUT2D eigenvalue weighted by atomic mass is 9.83. The minimum Gasteiger partial charge on any atom is -0.306 e. The minimum absolute atomic E-state index is 0.936. The van der Waals surface area contributed by atoms with E-state index < -0.39 is 0 Å². The van der Waals surface area contributed by atoms with Crippen molar-refractivity contribution in [1.82, 2.24) is 9.80 Å². The lowest BCUT2D eigenvalue weighted by Gasteiger charge is -2.40. The second-order valence-electron chi connectivity index (χ2n) is 9.07. The second kappa shape index (κ2) is 8.85. The van der Waals surface area contributed by atoms with Crippen LogP contribution >= 0.6 is 0 Å². The molecule has 2 heteroatoms. The lowest BCUT2D eigenvalue weighted by Crippen LogP contribution is -2.43. The van der Waals surface area contributed by atoms with Crippen LogP contribution in [0.4, 0.5) is 0 Å². The SMILES string of the molecule is CC1CCC(N2CCC(CCCC3CCN(C)CC3)CC2)CC1. The summed E-state index contributed by atoms with van der Waals surface area (Å²) in [6, 6.07) is 0.936. The van der Waals surface area contributed by atoms with Crippen molar-refractivity contribution in [2.75, 3.05) is 33.2 Å². The summed E-state index contributed by atoms with van der Waals surface area (Å²) in [6.45, 7) is 7.91. The summed E-state index contributed by atoms with van der Waals surface area (Å²) in [4.78, 5) is 5.34. The summed E-state index contributed by atoms with van der Waals surface area (Å²) in [5.74, 6) is 3.07. The van der Waals surface area contributed by atoms with Gasteiger partial charge >= 0.3 is 0 Å². The summed E-state index contributed by atoms with van der Waals surface area (Å²) in [6.07, 6.45) is 16.3. The summed E-state index contributed by atoms with van der Waals surface area (Å²) in [7, 11) is 2.27. The van der Waals surface area contributed by atoms with Crippen LogP contribution in [0.25, 0.3) is 0 Å². The van der Waals surface area contributed by atoms with Crippen LogP contribution in [-0.2, 0) is 0 Å². The Labute approximate surface area is 145 Å². The number of hydrogen-bond acceptors (Lipinski definition) is 2. The van der Waals surface area contributed by atoms with Crippen molar-refractivity contribution in [2.24, 2.45) is 17.8 Å². The number of likely N-dealkylation sites (tertiary alicyclic amines) is 2. The van der Waals surface area contributed by atoms with Gasteiger partial charge in [0.15, 0.2) is 0 Å². The zero-order valence-corrected chi connectivity index (χ0v) is 15.8. The topological polar surface area (TPSA) is 6.48 Å². The Morgan fingerprint density at radius 3 is 1.78 bits per heavy atom. The maximum atomic E-state index is 2.85. The van der Waals surface area contributed by atoms with Crippen molar-refractivity contribution >= 4 is 0 Å². The quantitative estimate of drug-likeness (QED) is 0.718. The largest absolute Gasteiger partial charge is 0.306 e. The predicted molar refractivity (Wildman–Crippen MR) is 99.8 cm³/mol. The standard InChI is InChI=1S/C21H40N2/c1-18-6-8-21(9-7-18)23-16-12-20(13-17-23)5-3-4-19-10-14-22(2)15-11-19/h18-21H,3-17H2,1-2H3. The van der Waals surface area contributed by atoms with Gasteiger partial charge < -0.3 is 9.80 Å². The highest BCUT2D eigenvalue weighted by molar-refractivity contribution is 4.82. The van der Waals surface area contributed by atoms with E-state index in [1.165, 1.54) is 96.8 Å². The molecule has 0 aromatic heterocycles. The molecule has 1 aliphatic carbocycles. The first kappa shape index (κ1) is 17.7. The van der Waals surface area contributed by atoms with Crippen LogP contribution in [0.5, 0.6) is 0 Å². The Morgan fingerprint density at radius 2 is 1.22 bits per heavy atom. The third-order valence-electron chi connectivity index (χ3n) is 7.21. The molecule has 0 bridgehead atoms. The van der Waals surface area contributed by atoms with E-state index in [4.69, 9.17) is 0 Å². The van der Waals surface area contributed by atoms with Gasteiger partial charge in [0.25, 0.3) is 0 Å². The smallest absolute Gasteiger partial charge is 0.00954 e. The van der Waals surface area contributed by atoms with Crippen LogP contribution in [-0.4, -0.2) is 49.1 Å². The monoisotopic (exact) mass is 320 g/mol. The molecule has 0 amide bonds. The van der Waals surface area contributed by atoms with Crippen molar-refractivity contribution in [3.8, 4) is 0 Å². The normalized spacial score (nSPS) is 33.1. The van der Waals surface area contributed by atoms with E-state index in [-0.39, 0.29) is 0 Å². The highest BCUT2D eigenvalue weighted by Gasteiger charge is 2.27. The maximum Gasteiger partial charge on any atom is 0.00954 e. The molecule has 0 aromatic rings. The second-order valence-corrected chi connectivity index (χ2v) is 9.07. The molecular formula is C21H40N2. The molecule has 2 saturated heterocycles. The Hall–Kier alpha value is -0.0800. The number of nitrogens with zero attached hydrogens (tertiary/aromatic N) is 2. The molecule has 0 spiro atoms. The summed E-state index contributed by atoms with van der Waals surface area (Å²) in [5, 5.41) is 0. The molecule has 1 saturated carbocycles. The molecule has 0 aromatic carbocycles. The van der Waals surface area contributed by atoms with Gasteiger partial charge in [0, 0.05) is 6.04 Å². The molecule has 0 unspecified atom stereocenters. The van der Waals surface area contributed by atoms with Gasteiger partial charge in [0.2, 0.25) is 0 Å². The fourth-order valence-corrected chi connectivity index (χ4v) is 5.26. The van der Waals surface area contributed by atoms with E-state index in [0.717, 1.165) is 23.8 Å². The number of piperidine rings is 2. The van der Waals surface area contributed by atoms with Crippen molar-refractivity contribution < 1.29 is 0 Å². The minimum atomic E-state index is 0.936. The van der Waals surface area contributed by atoms with Gasteiger partial charge in [-0.05, 0) is 102 Å². The van der Waals surface area contributed by atoms with E-state index >= 15 is 0 Å². The van der Waals surface area contributed by atoms with E-state index in [1.807, 2.05) is 0 Å². The zero-order chi connectivity index (χ0) is 16.1. The molecule has 3 fully saturated rings. The third kappa shape index (κ3) is 5.46. The third-order valence-corrected chi connectivity index (χ3v) is 7.21. The van der Waals surface area contributed by atoms with Gasteiger partial charge in [-0.15, -0.1) is 0 Å². The fraction of sp³-hybridized carbons (Fsp3) is 1.00. The molecule has 23 heavy (non-hydrogen) atoms. The van der Waals surface area contributed by atoms with Crippen molar-refractivity contribution in [3.05, 3.63) is 0 Å². The lowest BCUT2D eigenvalue weighted by molar-refractivity contribution is 0.0931. The first-order valence-electron chi connectivity index (χ1n) is 10.6. The first-order valence-corrected chi connectivity index (χ1v) is 10.6. The molecule has 3 aliphatic rings. The average Bonchev–Trinajstić information content (AvgIpc) is 2.58. The van der Waals surface area contributed by atoms with Crippen LogP contribution in [0.15, 0.2) is 0 Å². The van der Waals surface area contributed by atoms with Gasteiger partial charge in [-0.2, -0.15) is 0 Å². The summed E-state index contributed by atoms with van der Waals surface area (Å²) in [5.41, 5.74) is 0. The molecule has 134 valence electrons. The Kier molecular flexibility index (Phi) is 6.83. The number of rotatable bonds is 5. The van der Waals surface area contributed by atoms with Crippen LogP contribution in [0.3, 0.4) is 0 Å². The van der Waals surface area contributed by atoms with Gasteiger partial charge in [0.1, 0.15) is 0 Å². The van der Waals surface area contributed by atoms with E-state index in [1.54, 1.807) is 0 Å². The Bertz CT molecular complexity index is 316. The predicted octanol–water partition coefficient (Wildman–Crippen LogP) is 4.79. The maximum absolute atomic E-state index is 2.85. The molecule has 3 rings (SSSR count). The molecule has 2 aliphatic heterocycles. The van der Waals surface area contributed by atoms with E-state index in [0.29, 0.717) is 0 Å². The van der Waals surface area contributed by atoms with Gasteiger partial charge in [0.05, 0.1) is 0 Å².